The molecule has 116 valence electrons. The zero-order chi connectivity index (χ0) is 14.7. The van der Waals surface area contributed by atoms with Crippen molar-refractivity contribution < 1.29 is 9.00 Å². The summed E-state index contributed by atoms with van der Waals surface area (Å²) in [4.78, 5) is 12.2. The Hall–Kier alpha value is -1.28. The van der Waals surface area contributed by atoms with Crippen molar-refractivity contribution in [3.05, 3.63) is 11.9 Å². The predicted octanol–water partition coefficient (Wildman–Crippen LogP) is -0.156. The molecule has 0 unspecified atom stereocenters. The maximum absolute atomic E-state index is 12.2. The summed E-state index contributed by atoms with van der Waals surface area (Å²) in [5, 5.41) is 14.4. The lowest BCUT2D eigenvalue weighted by Gasteiger charge is -2.22. The first kappa shape index (κ1) is 14.6. The summed E-state index contributed by atoms with van der Waals surface area (Å²) in [6.45, 7) is 1.95. The van der Waals surface area contributed by atoms with E-state index in [-0.39, 0.29) is 11.9 Å². The van der Waals surface area contributed by atoms with Crippen LogP contribution in [0, 0.1) is 0 Å². The van der Waals surface area contributed by atoms with Gasteiger partial charge in [-0.2, -0.15) is 0 Å². The molecule has 1 amide bonds. The topological polar surface area (TPSA) is 88.9 Å². The minimum atomic E-state index is -0.709. The van der Waals surface area contributed by atoms with Crippen molar-refractivity contribution in [1.29, 1.82) is 0 Å². The number of hydrogen-bond donors (Lipinski definition) is 2. The monoisotopic (exact) mass is 311 g/mol. The summed E-state index contributed by atoms with van der Waals surface area (Å²) in [6.07, 6.45) is 5.32. The average Bonchev–Trinajstić information content (AvgIpc) is 3.00. The van der Waals surface area contributed by atoms with Crippen molar-refractivity contribution >= 4 is 16.7 Å². The smallest absolute Gasteiger partial charge is 0.273 e. The molecule has 2 fully saturated rings. The zero-order valence-electron chi connectivity index (χ0n) is 12.0. The molecule has 0 saturated carbocycles. The van der Waals surface area contributed by atoms with Crippen LogP contribution in [0.25, 0.3) is 0 Å². The lowest BCUT2D eigenvalue weighted by Crippen LogP contribution is -2.39. The first-order valence-corrected chi connectivity index (χ1v) is 8.99. The number of rotatable bonds is 3. The molecule has 7 nitrogen and oxygen atoms in total. The first-order valence-electron chi connectivity index (χ1n) is 7.51. The molecule has 2 aliphatic heterocycles. The van der Waals surface area contributed by atoms with Crippen LogP contribution < -0.4 is 10.6 Å². The van der Waals surface area contributed by atoms with Gasteiger partial charge in [0.15, 0.2) is 5.69 Å². The van der Waals surface area contributed by atoms with Crippen LogP contribution in [0.5, 0.6) is 0 Å². The SMILES string of the molecule is O=C(NC1CCS(=O)CC1)c1cn(C2CCNCC2)nn1. The van der Waals surface area contributed by atoms with Gasteiger partial charge in [0.05, 0.1) is 12.2 Å². The fraction of sp³-hybridized carbons (Fsp3) is 0.769. The molecule has 0 radical (unpaired) electrons. The van der Waals surface area contributed by atoms with Crippen molar-refractivity contribution in [2.45, 2.75) is 37.8 Å². The fourth-order valence-electron chi connectivity index (χ4n) is 2.83. The van der Waals surface area contributed by atoms with Gasteiger partial charge in [0.1, 0.15) is 0 Å². The van der Waals surface area contributed by atoms with Gasteiger partial charge in [-0.3, -0.25) is 9.00 Å². The highest BCUT2D eigenvalue weighted by Gasteiger charge is 2.23. The summed E-state index contributed by atoms with van der Waals surface area (Å²) in [5.41, 5.74) is 0.375. The van der Waals surface area contributed by atoms with Gasteiger partial charge in [0.2, 0.25) is 0 Å². The summed E-state index contributed by atoms with van der Waals surface area (Å²) >= 11 is 0. The standard InChI is InChI=1S/C13H21N5O2S/c19-13(15-10-3-7-21(20)8-4-10)12-9-18(17-16-12)11-1-5-14-6-2-11/h9-11,14H,1-8H2,(H,15,19). The summed E-state index contributed by atoms with van der Waals surface area (Å²) in [5.74, 6) is 1.17. The second-order valence-electron chi connectivity index (χ2n) is 5.66. The van der Waals surface area contributed by atoms with Crippen molar-refractivity contribution in [3.8, 4) is 0 Å². The third kappa shape index (κ3) is 3.68. The molecule has 0 atom stereocenters. The maximum atomic E-state index is 12.2. The molecule has 21 heavy (non-hydrogen) atoms. The number of nitrogens with zero attached hydrogens (tertiary/aromatic N) is 3. The van der Waals surface area contributed by atoms with Gasteiger partial charge in [-0.05, 0) is 38.8 Å². The van der Waals surface area contributed by atoms with E-state index < -0.39 is 10.8 Å². The van der Waals surface area contributed by atoms with Crippen LogP contribution in [0.3, 0.4) is 0 Å². The van der Waals surface area contributed by atoms with Gasteiger partial charge < -0.3 is 10.6 Å². The van der Waals surface area contributed by atoms with E-state index in [1.165, 1.54) is 0 Å². The molecule has 2 N–H and O–H groups in total. The highest BCUT2D eigenvalue weighted by molar-refractivity contribution is 7.85. The Morgan fingerprint density at radius 2 is 2.00 bits per heavy atom. The summed E-state index contributed by atoms with van der Waals surface area (Å²) < 4.78 is 13.1. The van der Waals surface area contributed by atoms with E-state index in [9.17, 15) is 9.00 Å². The van der Waals surface area contributed by atoms with Crippen molar-refractivity contribution in [1.82, 2.24) is 25.6 Å². The minimum absolute atomic E-state index is 0.110. The van der Waals surface area contributed by atoms with Crippen LogP contribution in [-0.4, -0.2) is 55.7 Å². The van der Waals surface area contributed by atoms with E-state index >= 15 is 0 Å². The van der Waals surface area contributed by atoms with Gasteiger partial charge >= 0.3 is 0 Å². The highest BCUT2D eigenvalue weighted by atomic mass is 32.2. The number of aromatic nitrogens is 3. The third-order valence-electron chi connectivity index (χ3n) is 4.15. The molecule has 8 heteroatoms. The molecule has 0 bridgehead atoms. The maximum Gasteiger partial charge on any atom is 0.273 e. The van der Waals surface area contributed by atoms with Gasteiger partial charge in [-0.1, -0.05) is 5.21 Å². The van der Waals surface area contributed by atoms with E-state index in [1.807, 2.05) is 4.68 Å². The molecule has 0 spiro atoms. The molecule has 0 aromatic carbocycles. The molecule has 2 saturated heterocycles. The van der Waals surface area contributed by atoms with Gasteiger partial charge in [0.25, 0.3) is 5.91 Å². The van der Waals surface area contributed by atoms with E-state index in [4.69, 9.17) is 0 Å². The molecule has 3 heterocycles. The van der Waals surface area contributed by atoms with Gasteiger partial charge in [-0.25, -0.2) is 4.68 Å². The molecule has 0 aliphatic carbocycles. The number of amides is 1. The number of carbonyl (C=O) groups is 1. The Kier molecular flexibility index (Phi) is 4.64. The Balaban J connectivity index is 1.57. The summed E-state index contributed by atoms with van der Waals surface area (Å²) in [6, 6.07) is 0.441. The Bertz CT molecular complexity index is 516. The van der Waals surface area contributed by atoms with E-state index in [0.717, 1.165) is 38.8 Å². The van der Waals surface area contributed by atoms with Crippen LogP contribution in [-0.2, 0) is 10.8 Å². The highest BCUT2D eigenvalue weighted by Crippen LogP contribution is 2.17. The second-order valence-corrected chi connectivity index (χ2v) is 7.36. The van der Waals surface area contributed by atoms with E-state index in [1.54, 1.807) is 6.20 Å². The Morgan fingerprint density at radius 1 is 1.29 bits per heavy atom. The lowest BCUT2D eigenvalue weighted by atomic mass is 10.1. The molecule has 2 aliphatic rings. The zero-order valence-corrected chi connectivity index (χ0v) is 12.8. The number of hydrogen-bond acceptors (Lipinski definition) is 5. The van der Waals surface area contributed by atoms with Crippen LogP contribution in [0.4, 0.5) is 0 Å². The van der Waals surface area contributed by atoms with Crippen LogP contribution >= 0.6 is 0 Å². The van der Waals surface area contributed by atoms with Crippen LogP contribution in [0.1, 0.15) is 42.2 Å². The van der Waals surface area contributed by atoms with E-state index in [2.05, 4.69) is 20.9 Å². The number of carbonyl (C=O) groups excluding carboxylic acids is 1. The molecular formula is C13H21N5O2S. The van der Waals surface area contributed by atoms with Crippen LogP contribution in [0.15, 0.2) is 6.20 Å². The number of nitrogens with one attached hydrogen (secondary N) is 2. The molecule has 3 rings (SSSR count). The summed E-state index contributed by atoms with van der Waals surface area (Å²) in [7, 11) is -0.709. The average molecular weight is 311 g/mol. The lowest BCUT2D eigenvalue weighted by molar-refractivity contribution is 0.0929. The largest absolute Gasteiger partial charge is 0.348 e. The van der Waals surface area contributed by atoms with Crippen molar-refractivity contribution in [3.63, 3.8) is 0 Å². The van der Waals surface area contributed by atoms with Crippen LogP contribution in [0.2, 0.25) is 0 Å². The molecular weight excluding hydrogens is 290 g/mol. The first-order chi connectivity index (χ1) is 10.2. The molecule has 1 aromatic heterocycles. The van der Waals surface area contributed by atoms with Crippen molar-refractivity contribution in [2.24, 2.45) is 0 Å². The van der Waals surface area contributed by atoms with Gasteiger partial charge in [-0.15, -0.1) is 5.10 Å². The Morgan fingerprint density at radius 3 is 2.71 bits per heavy atom. The normalized spacial score (nSPS) is 27.4. The number of piperidine rings is 1. The van der Waals surface area contributed by atoms with E-state index in [0.29, 0.717) is 23.2 Å². The van der Waals surface area contributed by atoms with Crippen molar-refractivity contribution in [2.75, 3.05) is 24.6 Å². The minimum Gasteiger partial charge on any atom is -0.348 e. The third-order valence-corrected chi connectivity index (χ3v) is 5.53. The Labute approximate surface area is 126 Å². The van der Waals surface area contributed by atoms with Gasteiger partial charge in [0, 0.05) is 28.3 Å². The fourth-order valence-corrected chi connectivity index (χ4v) is 4.13. The predicted molar refractivity (Wildman–Crippen MR) is 79.5 cm³/mol. The second kappa shape index (κ2) is 6.65. The quantitative estimate of drug-likeness (QED) is 0.810. The molecule has 1 aromatic rings.